The van der Waals surface area contributed by atoms with Crippen molar-refractivity contribution in [3.8, 4) is 0 Å². The molecule has 0 saturated carbocycles. The molecule has 1 unspecified atom stereocenters. The van der Waals surface area contributed by atoms with Gasteiger partial charge in [0.2, 0.25) is 10.0 Å². The smallest absolute Gasteiger partial charge is 0.246 e. The number of hydrogen-bond donors (Lipinski definition) is 0. The van der Waals surface area contributed by atoms with E-state index in [1.165, 1.54) is 6.20 Å². The standard InChI is InChI=1S/C16H21N3O2S/c1-13(2)18-12-15(11-17-18)22(20,21)19-10-6-9-16(19)14-7-4-3-5-8-14/h3-5,7-8,11-13,16H,6,9-10H2,1-2H3. The zero-order valence-corrected chi connectivity index (χ0v) is 13.7. The molecule has 1 aliphatic heterocycles. The van der Waals surface area contributed by atoms with Crippen molar-refractivity contribution < 1.29 is 8.42 Å². The van der Waals surface area contributed by atoms with E-state index in [-0.39, 0.29) is 17.0 Å². The fourth-order valence-electron chi connectivity index (χ4n) is 2.91. The van der Waals surface area contributed by atoms with Crippen LogP contribution in [0.4, 0.5) is 0 Å². The first kappa shape index (κ1) is 15.2. The van der Waals surface area contributed by atoms with E-state index < -0.39 is 10.0 Å². The van der Waals surface area contributed by atoms with Gasteiger partial charge in [0.25, 0.3) is 0 Å². The number of nitrogens with zero attached hydrogens (tertiary/aromatic N) is 3. The van der Waals surface area contributed by atoms with Crippen LogP contribution in [0.3, 0.4) is 0 Å². The average molecular weight is 319 g/mol. The summed E-state index contributed by atoms with van der Waals surface area (Å²) in [5, 5.41) is 4.16. The summed E-state index contributed by atoms with van der Waals surface area (Å²) < 4.78 is 29.1. The zero-order valence-electron chi connectivity index (χ0n) is 12.9. The number of sulfonamides is 1. The Hall–Kier alpha value is -1.66. The van der Waals surface area contributed by atoms with Gasteiger partial charge in [0.15, 0.2) is 0 Å². The van der Waals surface area contributed by atoms with Gasteiger partial charge in [-0.2, -0.15) is 9.40 Å². The van der Waals surface area contributed by atoms with Gasteiger partial charge < -0.3 is 0 Å². The Morgan fingerprint density at radius 2 is 1.95 bits per heavy atom. The van der Waals surface area contributed by atoms with Gasteiger partial charge >= 0.3 is 0 Å². The fraction of sp³-hybridized carbons (Fsp3) is 0.438. The van der Waals surface area contributed by atoms with E-state index >= 15 is 0 Å². The predicted molar refractivity (Wildman–Crippen MR) is 84.9 cm³/mol. The molecule has 0 radical (unpaired) electrons. The fourth-order valence-corrected chi connectivity index (χ4v) is 4.53. The molecule has 0 N–H and O–H groups in total. The van der Waals surface area contributed by atoms with Crippen LogP contribution in [0.25, 0.3) is 0 Å². The van der Waals surface area contributed by atoms with Gasteiger partial charge in [-0.05, 0) is 32.3 Å². The molecule has 1 aliphatic rings. The van der Waals surface area contributed by atoms with Crippen LogP contribution < -0.4 is 0 Å². The molecule has 3 rings (SSSR count). The van der Waals surface area contributed by atoms with Crippen LogP contribution in [0.2, 0.25) is 0 Å². The van der Waals surface area contributed by atoms with Crippen LogP contribution in [-0.2, 0) is 10.0 Å². The number of aromatic nitrogens is 2. The van der Waals surface area contributed by atoms with Gasteiger partial charge in [-0.1, -0.05) is 30.3 Å². The minimum atomic E-state index is -3.50. The molecule has 1 aromatic heterocycles. The second-order valence-corrected chi connectivity index (χ2v) is 7.82. The Morgan fingerprint density at radius 3 is 2.59 bits per heavy atom. The topological polar surface area (TPSA) is 55.2 Å². The molecule has 2 heterocycles. The summed E-state index contributed by atoms with van der Waals surface area (Å²) in [6, 6.07) is 9.92. The highest BCUT2D eigenvalue weighted by molar-refractivity contribution is 7.89. The van der Waals surface area contributed by atoms with E-state index in [0.29, 0.717) is 6.54 Å². The van der Waals surface area contributed by atoms with Crippen molar-refractivity contribution in [3.63, 3.8) is 0 Å². The van der Waals surface area contributed by atoms with Gasteiger partial charge in [-0.15, -0.1) is 0 Å². The lowest BCUT2D eigenvalue weighted by Crippen LogP contribution is -2.30. The quantitative estimate of drug-likeness (QED) is 0.870. The monoisotopic (exact) mass is 319 g/mol. The summed E-state index contributed by atoms with van der Waals surface area (Å²) in [6.07, 6.45) is 4.83. The number of benzene rings is 1. The maximum absolute atomic E-state index is 12.9. The third-order valence-electron chi connectivity index (χ3n) is 4.10. The lowest BCUT2D eigenvalue weighted by molar-refractivity contribution is 0.396. The zero-order chi connectivity index (χ0) is 15.7. The van der Waals surface area contributed by atoms with Crippen molar-refractivity contribution in [2.45, 2.75) is 43.7 Å². The molecule has 6 heteroatoms. The lowest BCUT2D eigenvalue weighted by Gasteiger charge is -2.23. The first-order valence-electron chi connectivity index (χ1n) is 7.61. The third-order valence-corrected chi connectivity index (χ3v) is 5.96. The van der Waals surface area contributed by atoms with Gasteiger partial charge in [0, 0.05) is 18.8 Å². The molecule has 1 saturated heterocycles. The van der Waals surface area contributed by atoms with Crippen LogP contribution in [0, 0.1) is 0 Å². The van der Waals surface area contributed by atoms with Crippen molar-refractivity contribution in [2.24, 2.45) is 0 Å². The number of hydrogen-bond acceptors (Lipinski definition) is 3. The van der Waals surface area contributed by atoms with Crippen molar-refractivity contribution in [3.05, 3.63) is 48.3 Å². The highest BCUT2D eigenvalue weighted by Crippen LogP contribution is 2.36. The van der Waals surface area contributed by atoms with Gasteiger partial charge in [0.1, 0.15) is 4.90 Å². The molecule has 5 nitrogen and oxygen atoms in total. The summed E-state index contributed by atoms with van der Waals surface area (Å²) in [5.41, 5.74) is 1.06. The van der Waals surface area contributed by atoms with E-state index in [2.05, 4.69) is 5.10 Å². The van der Waals surface area contributed by atoms with E-state index in [1.54, 1.807) is 15.2 Å². The second kappa shape index (κ2) is 5.85. The summed E-state index contributed by atoms with van der Waals surface area (Å²) in [7, 11) is -3.50. The molecule has 1 fully saturated rings. The predicted octanol–water partition coefficient (Wildman–Crippen LogP) is 2.99. The van der Waals surface area contributed by atoms with Crippen LogP contribution in [0.1, 0.15) is 44.3 Å². The van der Waals surface area contributed by atoms with Gasteiger partial charge in [-0.25, -0.2) is 8.42 Å². The molecule has 0 bridgehead atoms. The average Bonchev–Trinajstić information content (AvgIpc) is 3.18. The second-order valence-electron chi connectivity index (χ2n) is 5.93. The van der Waals surface area contributed by atoms with E-state index in [9.17, 15) is 8.42 Å². The van der Waals surface area contributed by atoms with Gasteiger partial charge in [0.05, 0.1) is 12.2 Å². The largest absolute Gasteiger partial charge is 0.269 e. The molecule has 2 aromatic rings. The van der Waals surface area contributed by atoms with Crippen LogP contribution in [-0.4, -0.2) is 29.0 Å². The van der Waals surface area contributed by atoms with Crippen molar-refractivity contribution in [2.75, 3.05) is 6.54 Å². The highest BCUT2D eigenvalue weighted by Gasteiger charge is 2.36. The summed E-state index contributed by atoms with van der Waals surface area (Å²) >= 11 is 0. The molecule has 0 spiro atoms. The van der Waals surface area contributed by atoms with E-state index in [0.717, 1.165) is 18.4 Å². The molecular weight excluding hydrogens is 298 g/mol. The van der Waals surface area contributed by atoms with Crippen molar-refractivity contribution >= 4 is 10.0 Å². The molecular formula is C16H21N3O2S. The van der Waals surface area contributed by atoms with Gasteiger partial charge in [-0.3, -0.25) is 4.68 Å². The first-order chi connectivity index (χ1) is 10.5. The summed E-state index contributed by atoms with van der Waals surface area (Å²) in [5.74, 6) is 0. The Morgan fingerprint density at radius 1 is 1.23 bits per heavy atom. The molecule has 118 valence electrons. The van der Waals surface area contributed by atoms with E-state index in [1.807, 2.05) is 44.2 Å². The van der Waals surface area contributed by atoms with Crippen molar-refractivity contribution in [1.82, 2.24) is 14.1 Å². The molecule has 0 amide bonds. The van der Waals surface area contributed by atoms with Crippen molar-refractivity contribution in [1.29, 1.82) is 0 Å². The molecule has 1 aromatic carbocycles. The highest BCUT2D eigenvalue weighted by atomic mass is 32.2. The van der Waals surface area contributed by atoms with E-state index in [4.69, 9.17) is 0 Å². The Bertz CT molecular complexity index is 738. The Labute approximate surface area is 131 Å². The summed E-state index contributed by atoms with van der Waals surface area (Å²) in [6.45, 7) is 4.52. The molecule has 1 atom stereocenters. The van der Waals surface area contributed by atoms with Crippen LogP contribution >= 0.6 is 0 Å². The SMILES string of the molecule is CC(C)n1cc(S(=O)(=O)N2CCCC2c2ccccc2)cn1. The molecule has 22 heavy (non-hydrogen) atoms. The minimum Gasteiger partial charge on any atom is -0.269 e. The minimum absolute atomic E-state index is 0.0754. The Kier molecular flexibility index (Phi) is 4.06. The maximum Gasteiger partial charge on any atom is 0.246 e. The maximum atomic E-state index is 12.9. The first-order valence-corrected chi connectivity index (χ1v) is 9.05. The third kappa shape index (κ3) is 2.68. The molecule has 0 aliphatic carbocycles. The number of rotatable bonds is 4. The Balaban J connectivity index is 1.93. The summed E-state index contributed by atoms with van der Waals surface area (Å²) in [4.78, 5) is 0.282. The van der Waals surface area contributed by atoms with Crippen LogP contribution in [0.5, 0.6) is 0 Å². The van der Waals surface area contributed by atoms with Crippen LogP contribution in [0.15, 0.2) is 47.6 Å². The normalized spacial score (nSPS) is 19.9. The lowest BCUT2D eigenvalue weighted by atomic mass is 10.1.